The molecule has 1 N–H and O–H groups in total. The number of rotatable bonds is 6. The molecule has 0 fully saturated rings. The van der Waals surface area contributed by atoms with Crippen molar-refractivity contribution < 1.29 is 8.42 Å². The number of hydrogen-bond donors (Lipinski definition) is 1. The van der Waals surface area contributed by atoms with Crippen molar-refractivity contribution in [3.05, 3.63) is 63.8 Å². The van der Waals surface area contributed by atoms with Gasteiger partial charge >= 0.3 is 4.87 Å². The van der Waals surface area contributed by atoms with Crippen molar-refractivity contribution in [3.8, 4) is 0 Å². The Bertz CT molecular complexity index is 1110. The molecule has 0 amide bonds. The lowest BCUT2D eigenvalue weighted by molar-refractivity contribution is 0.450. The predicted molar refractivity (Wildman–Crippen MR) is 111 cm³/mol. The lowest BCUT2D eigenvalue weighted by Gasteiger charge is -2.26. The van der Waals surface area contributed by atoms with Crippen LogP contribution in [0.15, 0.2) is 58.2 Å². The Kier molecular flexibility index (Phi) is 5.29. The summed E-state index contributed by atoms with van der Waals surface area (Å²) >= 11 is 1.07. The van der Waals surface area contributed by atoms with E-state index in [2.05, 4.69) is 4.72 Å². The number of sulfonamides is 1. The van der Waals surface area contributed by atoms with Gasteiger partial charge in [-0.1, -0.05) is 41.7 Å². The average molecular weight is 405 g/mol. The lowest BCUT2D eigenvalue weighted by Crippen LogP contribution is -2.44. The highest BCUT2D eigenvalue weighted by atomic mass is 32.2. The van der Waals surface area contributed by atoms with Crippen LogP contribution in [-0.4, -0.2) is 18.5 Å². The summed E-state index contributed by atoms with van der Waals surface area (Å²) in [5, 5.41) is 0. The second kappa shape index (κ2) is 7.22. The first kappa shape index (κ1) is 19.8. The van der Waals surface area contributed by atoms with E-state index in [1.807, 2.05) is 58.0 Å². The molecule has 144 valence electrons. The summed E-state index contributed by atoms with van der Waals surface area (Å²) in [4.78, 5) is 12.3. The zero-order valence-electron chi connectivity index (χ0n) is 15.9. The number of fused-ring (bicyclic) bond motifs is 1. The zero-order valence-corrected chi connectivity index (χ0v) is 17.5. The van der Waals surface area contributed by atoms with E-state index < -0.39 is 15.6 Å². The van der Waals surface area contributed by atoms with Gasteiger partial charge in [0.25, 0.3) is 0 Å². The highest BCUT2D eigenvalue weighted by Gasteiger charge is 2.27. The van der Waals surface area contributed by atoms with Gasteiger partial charge in [0.05, 0.1) is 15.1 Å². The number of nitrogens with zero attached hydrogens (tertiary/aromatic N) is 1. The first-order valence-electron chi connectivity index (χ1n) is 8.82. The molecule has 0 aliphatic carbocycles. The Labute approximate surface area is 163 Å². The normalized spacial score (nSPS) is 12.8. The number of benzene rings is 2. The molecular weight excluding hydrogens is 380 g/mol. The van der Waals surface area contributed by atoms with Gasteiger partial charge in [-0.15, -0.1) is 0 Å². The Morgan fingerprint density at radius 3 is 2.41 bits per heavy atom. The number of thiazole rings is 1. The van der Waals surface area contributed by atoms with Crippen LogP contribution in [-0.2, 0) is 16.4 Å². The summed E-state index contributed by atoms with van der Waals surface area (Å²) in [5.74, 6) is 0. The maximum atomic E-state index is 12.9. The predicted octanol–water partition coefficient (Wildman–Crippen LogP) is 3.94. The van der Waals surface area contributed by atoms with Crippen LogP contribution >= 0.6 is 11.3 Å². The summed E-state index contributed by atoms with van der Waals surface area (Å²) < 4.78 is 31.0. The van der Waals surface area contributed by atoms with Crippen molar-refractivity contribution in [2.45, 2.75) is 50.6 Å². The second-order valence-electron chi connectivity index (χ2n) is 7.61. The van der Waals surface area contributed by atoms with Crippen LogP contribution in [0, 0.1) is 0 Å². The number of hydrogen-bond acceptors (Lipinski definition) is 4. The van der Waals surface area contributed by atoms with Crippen LogP contribution in [0.5, 0.6) is 0 Å². The molecule has 0 aliphatic heterocycles. The van der Waals surface area contributed by atoms with Crippen molar-refractivity contribution in [1.82, 2.24) is 9.29 Å². The minimum Gasteiger partial charge on any atom is -0.296 e. The molecule has 5 nitrogen and oxygen atoms in total. The Morgan fingerprint density at radius 1 is 1.11 bits per heavy atom. The summed E-state index contributed by atoms with van der Waals surface area (Å²) in [5.41, 5.74) is 1.18. The molecule has 3 rings (SSSR count). The van der Waals surface area contributed by atoms with Crippen molar-refractivity contribution in [2.24, 2.45) is 0 Å². The third-order valence-corrected chi connectivity index (χ3v) is 6.93. The Hall–Kier alpha value is -1.96. The summed E-state index contributed by atoms with van der Waals surface area (Å²) in [6, 6.07) is 14.7. The largest absolute Gasteiger partial charge is 0.308 e. The van der Waals surface area contributed by atoms with Gasteiger partial charge in [0.15, 0.2) is 0 Å². The van der Waals surface area contributed by atoms with Gasteiger partial charge < -0.3 is 0 Å². The van der Waals surface area contributed by atoms with Gasteiger partial charge in [-0.25, -0.2) is 13.1 Å². The standard InChI is InChI=1S/C20H24N2O3S2/c1-14(2)22-17-11-10-16(12-18(17)26-19(22)23)27(24,25)21-20(3,4)13-15-8-6-5-7-9-15/h5-12,14,21H,13H2,1-4H3. The van der Waals surface area contributed by atoms with Crippen LogP contribution in [0.4, 0.5) is 0 Å². The molecule has 3 aromatic rings. The van der Waals surface area contributed by atoms with Crippen molar-refractivity contribution in [3.63, 3.8) is 0 Å². The van der Waals surface area contributed by atoms with Crippen LogP contribution in [0.3, 0.4) is 0 Å². The third-order valence-electron chi connectivity index (χ3n) is 4.31. The molecular formula is C20H24N2O3S2. The summed E-state index contributed by atoms with van der Waals surface area (Å²) in [6.07, 6.45) is 0.576. The zero-order chi connectivity index (χ0) is 19.8. The number of nitrogens with one attached hydrogen (secondary N) is 1. The average Bonchev–Trinajstić information content (AvgIpc) is 2.89. The third kappa shape index (κ3) is 4.31. The molecule has 0 aliphatic rings. The van der Waals surface area contributed by atoms with E-state index in [9.17, 15) is 13.2 Å². The molecule has 1 aromatic heterocycles. The fourth-order valence-corrected chi connectivity index (χ4v) is 5.80. The fourth-order valence-electron chi connectivity index (χ4n) is 3.24. The smallest absolute Gasteiger partial charge is 0.296 e. The van der Waals surface area contributed by atoms with E-state index in [0.717, 1.165) is 22.4 Å². The van der Waals surface area contributed by atoms with E-state index >= 15 is 0 Å². The van der Waals surface area contributed by atoms with Crippen molar-refractivity contribution in [1.29, 1.82) is 0 Å². The monoisotopic (exact) mass is 404 g/mol. The fraction of sp³-hybridized carbons (Fsp3) is 0.350. The molecule has 1 heterocycles. The second-order valence-corrected chi connectivity index (χ2v) is 10.3. The van der Waals surface area contributed by atoms with Gasteiger partial charge in [0.2, 0.25) is 10.0 Å². The molecule has 0 saturated heterocycles. The van der Waals surface area contributed by atoms with Crippen molar-refractivity contribution >= 4 is 31.6 Å². The molecule has 27 heavy (non-hydrogen) atoms. The topological polar surface area (TPSA) is 68.2 Å². The van der Waals surface area contributed by atoms with Crippen LogP contribution in [0.1, 0.15) is 39.3 Å². The first-order chi connectivity index (χ1) is 12.6. The molecule has 0 bridgehead atoms. The van der Waals surface area contributed by atoms with Gasteiger partial charge in [-0.3, -0.25) is 9.36 Å². The molecule has 0 atom stereocenters. The highest BCUT2D eigenvalue weighted by Crippen LogP contribution is 2.25. The summed E-state index contributed by atoms with van der Waals surface area (Å²) in [7, 11) is -3.71. The van der Waals surface area contributed by atoms with Crippen molar-refractivity contribution in [2.75, 3.05) is 0 Å². The molecule has 0 unspecified atom stereocenters. The highest BCUT2D eigenvalue weighted by molar-refractivity contribution is 7.89. The molecule has 7 heteroatoms. The SMILES string of the molecule is CC(C)n1c(=O)sc2cc(S(=O)(=O)NC(C)(C)Cc3ccccc3)ccc21. The minimum absolute atomic E-state index is 0.0247. The maximum Gasteiger partial charge on any atom is 0.308 e. The van der Waals surface area contributed by atoms with E-state index in [-0.39, 0.29) is 15.8 Å². The van der Waals surface area contributed by atoms with E-state index in [1.165, 1.54) is 0 Å². The van der Waals surface area contributed by atoms with Crippen LogP contribution in [0.2, 0.25) is 0 Å². The number of aromatic nitrogens is 1. The molecule has 0 saturated carbocycles. The molecule has 2 aromatic carbocycles. The van der Waals surface area contributed by atoms with Crippen LogP contribution in [0.25, 0.3) is 10.2 Å². The van der Waals surface area contributed by atoms with Gasteiger partial charge in [0, 0.05) is 11.6 Å². The van der Waals surface area contributed by atoms with Crippen LogP contribution < -0.4 is 9.60 Å². The van der Waals surface area contributed by atoms with Gasteiger partial charge in [-0.2, -0.15) is 0 Å². The molecule has 0 spiro atoms. The maximum absolute atomic E-state index is 12.9. The first-order valence-corrected chi connectivity index (χ1v) is 11.1. The Morgan fingerprint density at radius 2 is 1.78 bits per heavy atom. The Balaban J connectivity index is 1.91. The quantitative estimate of drug-likeness (QED) is 0.676. The van der Waals surface area contributed by atoms with Gasteiger partial charge in [0.1, 0.15) is 0 Å². The summed E-state index contributed by atoms with van der Waals surface area (Å²) in [6.45, 7) is 7.60. The minimum atomic E-state index is -3.71. The van der Waals surface area contributed by atoms with E-state index in [1.54, 1.807) is 22.8 Å². The van der Waals surface area contributed by atoms with E-state index in [4.69, 9.17) is 0 Å². The van der Waals surface area contributed by atoms with E-state index in [0.29, 0.717) is 11.1 Å². The van der Waals surface area contributed by atoms with Gasteiger partial charge in [-0.05, 0) is 57.9 Å². The molecule has 0 radical (unpaired) electrons. The lowest BCUT2D eigenvalue weighted by atomic mass is 9.96.